The van der Waals surface area contributed by atoms with Crippen molar-refractivity contribution in [2.24, 2.45) is 11.8 Å². The Kier molecular flexibility index (Phi) is 4.38. The predicted octanol–water partition coefficient (Wildman–Crippen LogP) is 1.05. The van der Waals surface area contributed by atoms with E-state index in [1.165, 1.54) is 16.0 Å². The van der Waals surface area contributed by atoms with Gasteiger partial charge in [-0.15, -0.1) is 11.3 Å². The largest absolute Gasteiger partial charge is 0.379 e. The number of rotatable bonds is 4. The summed E-state index contributed by atoms with van der Waals surface area (Å²) in [5.74, 6) is 0.786. The molecule has 0 aliphatic carbocycles. The molecule has 3 rings (SSSR count). The van der Waals surface area contributed by atoms with Crippen molar-refractivity contribution in [2.45, 2.75) is 19.5 Å². The third kappa shape index (κ3) is 3.84. The van der Waals surface area contributed by atoms with Crippen molar-refractivity contribution in [3.05, 3.63) is 21.9 Å². The summed E-state index contributed by atoms with van der Waals surface area (Å²) in [6.45, 7) is 6.24. The zero-order valence-electron chi connectivity index (χ0n) is 12.4. The molecule has 2 fully saturated rings. The molecular formula is C14H22N2O3S2. The molecule has 7 heteroatoms. The van der Waals surface area contributed by atoms with Crippen LogP contribution in [0.15, 0.2) is 12.1 Å². The van der Waals surface area contributed by atoms with Crippen molar-refractivity contribution in [2.75, 3.05) is 32.6 Å². The second-order valence-electron chi connectivity index (χ2n) is 6.16. The van der Waals surface area contributed by atoms with Crippen LogP contribution in [0.1, 0.15) is 9.75 Å². The molecule has 21 heavy (non-hydrogen) atoms. The van der Waals surface area contributed by atoms with Crippen LogP contribution in [0.25, 0.3) is 0 Å². The van der Waals surface area contributed by atoms with Gasteiger partial charge in [0.05, 0.1) is 19.5 Å². The maximum atomic E-state index is 11.5. The van der Waals surface area contributed by atoms with Crippen LogP contribution in [0.3, 0.4) is 0 Å². The molecule has 0 unspecified atom stereocenters. The van der Waals surface area contributed by atoms with Gasteiger partial charge >= 0.3 is 0 Å². The number of nitrogens with one attached hydrogen (secondary N) is 1. The Labute approximate surface area is 130 Å². The first-order valence-corrected chi connectivity index (χ1v) is 9.94. The molecule has 1 aromatic heterocycles. The lowest BCUT2D eigenvalue weighted by Crippen LogP contribution is -2.49. The standard InChI is InChI=1S/C14H22N2O3S2/c1-10-3-4-12(20-10)6-16-5-11-8-19-9-14(13(11)7-16)15-21(2,17)18/h3-4,11,13-15H,5-9H2,1-2H3/t11-,13-,14+/m1/s1. The number of hydrogen-bond acceptors (Lipinski definition) is 5. The molecule has 2 saturated heterocycles. The molecule has 0 aromatic carbocycles. The minimum atomic E-state index is -3.18. The van der Waals surface area contributed by atoms with E-state index in [2.05, 4.69) is 28.7 Å². The molecule has 3 heterocycles. The van der Waals surface area contributed by atoms with Crippen molar-refractivity contribution in [3.63, 3.8) is 0 Å². The van der Waals surface area contributed by atoms with Gasteiger partial charge in [0.1, 0.15) is 0 Å². The zero-order valence-corrected chi connectivity index (χ0v) is 14.0. The maximum Gasteiger partial charge on any atom is 0.209 e. The molecule has 0 spiro atoms. The van der Waals surface area contributed by atoms with E-state index in [1.807, 2.05) is 11.3 Å². The summed E-state index contributed by atoms with van der Waals surface area (Å²) in [4.78, 5) is 5.13. The van der Waals surface area contributed by atoms with Crippen LogP contribution >= 0.6 is 11.3 Å². The van der Waals surface area contributed by atoms with Crippen LogP contribution in [0.5, 0.6) is 0 Å². The van der Waals surface area contributed by atoms with Gasteiger partial charge in [-0.25, -0.2) is 13.1 Å². The molecular weight excluding hydrogens is 308 g/mol. The summed E-state index contributed by atoms with van der Waals surface area (Å²) in [6.07, 6.45) is 1.22. The van der Waals surface area contributed by atoms with Crippen molar-refractivity contribution < 1.29 is 13.2 Å². The summed E-state index contributed by atoms with van der Waals surface area (Å²) < 4.78 is 31.3. The number of thiophene rings is 1. The van der Waals surface area contributed by atoms with Crippen LogP contribution < -0.4 is 4.72 Å². The van der Waals surface area contributed by atoms with Crippen LogP contribution in [-0.2, 0) is 21.3 Å². The van der Waals surface area contributed by atoms with Gasteiger partial charge in [-0.05, 0) is 25.0 Å². The molecule has 2 aliphatic rings. The Morgan fingerprint density at radius 1 is 1.38 bits per heavy atom. The highest BCUT2D eigenvalue weighted by atomic mass is 32.2. The number of nitrogens with zero attached hydrogens (tertiary/aromatic N) is 1. The number of likely N-dealkylation sites (tertiary alicyclic amines) is 1. The van der Waals surface area contributed by atoms with E-state index in [4.69, 9.17) is 4.74 Å². The van der Waals surface area contributed by atoms with Gasteiger partial charge in [0.15, 0.2) is 0 Å². The average molecular weight is 330 g/mol. The monoisotopic (exact) mass is 330 g/mol. The molecule has 2 aliphatic heterocycles. The van der Waals surface area contributed by atoms with Gasteiger partial charge in [0.2, 0.25) is 10.0 Å². The highest BCUT2D eigenvalue weighted by Gasteiger charge is 2.41. The molecule has 118 valence electrons. The highest BCUT2D eigenvalue weighted by molar-refractivity contribution is 7.88. The van der Waals surface area contributed by atoms with E-state index >= 15 is 0 Å². The second kappa shape index (κ2) is 5.96. The lowest BCUT2D eigenvalue weighted by molar-refractivity contribution is 0.0164. The van der Waals surface area contributed by atoms with Crippen LogP contribution in [-0.4, -0.2) is 51.9 Å². The van der Waals surface area contributed by atoms with Crippen molar-refractivity contribution in [1.29, 1.82) is 0 Å². The van der Waals surface area contributed by atoms with Gasteiger partial charge in [-0.3, -0.25) is 4.90 Å². The van der Waals surface area contributed by atoms with E-state index in [0.29, 0.717) is 18.4 Å². The van der Waals surface area contributed by atoms with Crippen LogP contribution in [0.4, 0.5) is 0 Å². The Morgan fingerprint density at radius 2 is 2.19 bits per heavy atom. The fourth-order valence-electron chi connectivity index (χ4n) is 3.41. The number of fused-ring (bicyclic) bond motifs is 1. The summed E-state index contributed by atoms with van der Waals surface area (Å²) in [5.41, 5.74) is 0. The van der Waals surface area contributed by atoms with E-state index in [-0.39, 0.29) is 6.04 Å². The summed E-state index contributed by atoms with van der Waals surface area (Å²) >= 11 is 1.83. The molecule has 0 saturated carbocycles. The molecule has 0 bridgehead atoms. The summed E-state index contributed by atoms with van der Waals surface area (Å²) in [5, 5.41) is 0. The Morgan fingerprint density at radius 3 is 2.86 bits per heavy atom. The third-order valence-electron chi connectivity index (χ3n) is 4.25. The minimum Gasteiger partial charge on any atom is -0.379 e. The van der Waals surface area contributed by atoms with Gasteiger partial charge in [-0.2, -0.15) is 0 Å². The van der Waals surface area contributed by atoms with Crippen LogP contribution in [0.2, 0.25) is 0 Å². The lowest BCUT2D eigenvalue weighted by atomic mass is 9.88. The van der Waals surface area contributed by atoms with E-state index in [9.17, 15) is 8.42 Å². The van der Waals surface area contributed by atoms with E-state index in [0.717, 1.165) is 26.2 Å². The zero-order chi connectivity index (χ0) is 15.0. The smallest absolute Gasteiger partial charge is 0.209 e. The topological polar surface area (TPSA) is 58.6 Å². The molecule has 0 radical (unpaired) electrons. The predicted molar refractivity (Wildman–Crippen MR) is 83.9 cm³/mol. The summed E-state index contributed by atoms with van der Waals surface area (Å²) in [6, 6.07) is 4.25. The molecule has 1 N–H and O–H groups in total. The van der Waals surface area contributed by atoms with Gasteiger partial charge in [-0.1, -0.05) is 0 Å². The first-order valence-electron chi connectivity index (χ1n) is 7.23. The van der Waals surface area contributed by atoms with Crippen molar-refractivity contribution >= 4 is 21.4 Å². The number of sulfonamides is 1. The van der Waals surface area contributed by atoms with Crippen molar-refractivity contribution in [1.82, 2.24) is 9.62 Å². The maximum absolute atomic E-state index is 11.5. The van der Waals surface area contributed by atoms with E-state index in [1.54, 1.807) is 0 Å². The van der Waals surface area contributed by atoms with Crippen molar-refractivity contribution in [3.8, 4) is 0 Å². The highest BCUT2D eigenvalue weighted by Crippen LogP contribution is 2.32. The minimum absolute atomic E-state index is 0.0891. The molecule has 1 aromatic rings. The fraction of sp³-hybridized carbons (Fsp3) is 0.714. The summed E-state index contributed by atoms with van der Waals surface area (Å²) in [7, 11) is -3.18. The van der Waals surface area contributed by atoms with Gasteiger partial charge in [0, 0.05) is 41.3 Å². The second-order valence-corrected chi connectivity index (χ2v) is 9.32. The first kappa shape index (κ1) is 15.4. The Hall–Kier alpha value is -0.470. The molecule has 0 amide bonds. The van der Waals surface area contributed by atoms with Gasteiger partial charge in [0.25, 0.3) is 0 Å². The number of hydrogen-bond donors (Lipinski definition) is 1. The first-order chi connectivity index (χ1) is 9.90. The number of ether oxygens (including phenoxy) is 1. The third-order valence-corrected chi connectivity index (χ3v) is 5.97. The molecule has 5 nitrogen and oxygen atoms in total. The Balaban J connectivity index is 1.65. The average Bonchev–Trinajstić information content (AvgIpc) is 2.94. The van der Waals surface area contributed by atoms with Crippen LogP contribution in [0, 0.1) is 18.8 Å². The van der Waals surface area contributed by atoms with Gasteiger partial charge < -0.3 is 4.74 Å². The van der Waals surface area contributed by atoms with E-state index < -0.39 is 10.0 Å². The Bertz CT molecular complexity index is 599. The SMILES string of the molecule is Cc1ccc(CN2C[C@@H]3COC[C@H](NS(C)(=O)=O)[C@@H]3C2)s1. The normalized spacial score (nSPS) is 30.5. The lowest BCUT2D eigenvalue weighted by Gasteiger charge is -2.32. The number of aryl methyl sites for hydroxylation is 1. The molecule has 3 atom stereocenters. The fourth-order valence-corrected chi connectivity index (χ4v) is 5.13. The quantitative estimate of drug-likeness (QED) is 0.897.